The van der Waals surface area contributed by atoms with Gasteiger partial charge < -0.3 is 15.2 Å². The summed E-state index contributed by atoms with van der Waals surface area (Å²) in [6.45, 7) is 4.54. The molecule has 0 fully saturated rings. The largest absolute Gasteiger partial charge is 0.497 e. The molecule has 0 spiro atoms. The Kier molecular flexibility index (Phi) is 4.64. The van der Waals surface area contributed by atoms with E-state index in [4.69, 9.17) is 15.2 Å². The van der Waals surface area contributed by atoms with Crippen LogP contribution in [-0.2, 0) is 6.61 Å². The van der Waals surface area contributed by atoms with E-state index in [0.717, 1.165) is 22.6 Å². The maximum absolute atomic E-state index is 5.99. The Bertz CT molecular complexity index is 562. The first-order chi connectivity index (χ1) is 9.60. The normalized spacial score (nSPS) is 12.0. The van der Waals surface area contributed by atoms with Gasteiger partial charge in [-0.15, -0.1) is 0 Å². The van der Waals surface area contributed by atoms with Crippen LogP contribution in [-0.4, -0.2) is 7.11 Å². The minimum absolute atomic E-state index is 0.0410. The summed E-state index contributed by atoms with van der Waals surface area (Å²) in [6.07, 6.45) is 0. The number of benzene rings is 2. The lowest BCUT2D eigenvalue weighted by Gasteiger charge is -2.15. The van der Waals surface area contributed by atoms with Gasteiger partial charge in [0.2, 0.25) is 0 Å². The Morgan fingerprint density at radius 2 is 1.80 bits per heavy atom. The molecule has 0 aliphatic rings. The lowest BCUT2D eigenvalue weighted by Crippen LogP contribution is -2.08. The molecule has 0 aliphatic carbocycles. The van der Waals surface area contributed by atoms with Crippen LogP contribution in [0.3, 0.4) is 0 Å². The summed E-state index contributed by atoms with van der Waals surface area (Å²) in [4.78, 5) is 0. The van der Waals surface area contributed by atoms with Crippen LogP contribution in [0.5, 0.6) is 11.5 Å². The molecule has 3 nitrogen and oxygen atoms in total. The third-order valence-electron chi connectivity index (χ3n) is 3.21. The van der Waals surface area contributed by atoms with Gasteiger partial charge in [-0.3, -0.25) is 0 Å². The highest BCUT2D eigenvalue weighted by atomic mass is 16.5. The third kappa shape index (κ3) is 3.52. The average molecular weight is 271 g/mol. The van der Waals surface area contributed by atoms with E-state index in [-0.39, 0.29) is 6.04 Å². The standard InChI is InChI=1S/C17H21NO2/c1-12-4-9-17(16(10-12)13(2)18)20-11-14-5-7-15(19-3)8-6-14/h4-10,13H,11,18H2,1-3H3. The maximum Gasteiger partial charge on any atom is 0.124 e. The fourth-order valence-corrected chi connectivity index (χ4v) is 2.04. The summed E-state index contributed by atoms with van der Waals surface area (Å²) in [5, 5.41) is 0. The van der Waals surface area contributed by atoms with Gasteiger partial charge >= 0.3 is 0 Å². The fraction of sp³-hybridized carbons (Fsp3) is 0.294. The molecule has 0 saturated carbocycles. The van der Waals surface area contributed by atoms with Crippen molar-refractivity contribution in [1.82, 2.24) is 0 Å². The smallest absolute Gasteiger partial charge is 0.124 e. The molecule has 0 aliphatic heterocycles. The Balaban J connectivity index is 2.10. The highest BCUT2D eigenvalue weighted by molar-refractivity contribution is 5.39. The Morgan fingerprint density at radius 1 is 1.10 bits per heavy atom. The van der Waals surface area contributed by atoms with Gasteiger partial charge in [0, 0.05) is 11.6 Å². The number of ether oxygens (including phenoxy) is 2. The van der Waals surface area contributed by atoms with Crippen molar-refractivity contribution >= 4 is 0 Å². The number of aryl methyl sites for hydroxylation is 1. The topological polar surface area (TPSA) is 44.5 Å². The highest BCUT2D eigenvalue weighted by Crippen LogP contribution is 2.26. The molecule has 0 aromatic heterocycles. The molecule has 2 rings (SSSR count). The summed E-state index contributed by atoms with van der Waals surface area (Å²) in [6, 6.07) is 13.9. The molecule has 20 heavy (non-hydrogen) atoms. The Morgan fingerprint density at radius 3 is 2.40 bits per heavy atom. The summed E-state index contributed by atoms with van der Waals surface area (Å²) in [7, 11) is 1.66. The number of hydrogen-bond donors (Lipinski definition) is 1. The summed E-state index contributed by atoms with van der Waals surface area (Å²) in [5.41, 5.74) is 9.32. The first kappa shape index (κ1) is 14.4. The summed E-state index contributed by atoms with van der Waals surface area (Å²) >= 11 is 0. The van der Waals surface area contributed by atoms with Gasteiger partial charge in [0.15, 0.2) is 0 Å². The number of rotatable bonds is 5. The van der Waals surface area contributed by atoms with Crippen molar-refractivity contribution in [3.63, 3.8) is 0 Å². The van der Waals surface area contributed by atoms with Crippen LogP contribution in [0.1, 0.15) is 29.7 Å². The zero-order valence-electron chi connectivity index (χ0n) is 12.2. The summed E-state index contributed by atoms with van der Waals surface area (Å²) < 4.78 is 11.0. The van der Waals surface area contributed by atoms with Gasteiger partial charge in [-0.2, -0.15) is 0 Å². The van der Waals surface area contributed by atoms with Crippen LogP contribution in [0.15, 0.2) is 42.5 Å². The second kappa shape index (κ2) is 6.44. The highest BCUT2D eigenvalue weighted by Gasteiger charge is 2.08. The van der Waals surface area contributed by atoms with Crippen molar-refractivity contribution in [2.45, 2.75) is 26.5 Å². The van der Waals surface area contributed by atoms with Crippen molar-refractivity contribution in [1.29, 1.82) is 0 Å². The Hall–Kier alpha value is -2.00. The molecule has 1 atom stereocenters. The van der Waals surface area contributed by atoms with Crippen LogP contribution in [0.25, 0.3) is 0 Å². The van der Waals surface area contributed by atoms with Crippen LogP contribution in [0, 0.1) is 6.92 Å². The first-order valence-corrected chi connectivity index (χ1v) is 6.72. The number of nitrogens with two attached hydrogens (primary N) is 1. The quantitative estimate of drug-likeness (QED) is 0.903. The summed E-state index contributed by atoms with van der Waals surface area (Å²) in [5.74, 6) is 1.70. The lowest BCUT2D eigenvalue weighted by molar-refractivity contribution is 0.301. The minimum Gasteiger partial charge on any atom is -0.497 e. The van der Waals surface area contributed by atoms with Crippen LogP contribution >= 0.6 is 0 Å². The molecule has 3 heteroatoms. The van der Waals surface area contributed by atoms with E-state index in [1.807, 2.05) is 43.3 Å². The minimum atomic E-state index is -0.0410. The van der Waals surface area contributed by atoms with Gasteiger partial charge in [-0.1, -0.05) is 29.8 Å². The second-order valence-electron chi connectivity index (χ2n) is 4.97. The zero-order chi connectivity index (χ0) is 14.5. The molecule has 0 heterocycles. The van der Waals surface area contributed by atoms with Gasteiger partial charge in [0.25, 0.3) is 0 Å². The third-order valence-corrected chi connectivity index (χ3v) is 3.21. The average Bonchev–Trinajstić information content (AvgIpc) is 2.46. The van der Waals surface area contributed by atoms with Crippen LogP contribution in [0.2, 0.25) is 0 Å². The lowest BCUT2D eigenvalue weighted by atomic mass is 10.1. The first-order valence-electron chi connectivity index (χ1n) is 6.72. The zero-order valence-corrected chi connectivity index (χ0v) is 12.2. The van der Waals surface area contributed by atoms with Crippen LogP contribution < -0.4 is 15.2 Å². The van der Waals surface area contributed by atoms with Crippen molar-refractivity contribution in [3.05, 3.63) is 59.2 Å². The molecular weight excluding hydrogens is 250 g/mol. The van der Waals surface area contributed by atoms with Crippen molar-refractivity contribution in [2.24, 2.45) is 5.73 Å². The molecule has 0 amide bonds. The molecule has 106 valence electrons. The number of hydrogen-bond acceptors (Lipinski definition) is 3. The van der Waals surface area contributed by atoms with E-state index in [2.05, 4.69) is 13.0 Å². The van der Waals surface area contributed by atoms with Gasteiger partial charge in [-0.05, 0) is 37.6 Å². The van der Waals surface area contributed by atoms with Gasteiger partial charge in [0.1, 0.15) is 18.1 Å². The second-order valence-corrected chi connectivity index (χ2v) is 4.97. The molecule has 2 N–H and O–H groups in total. The van der Waals surface area contributed by atoms with Crippen molar-refractivity contribution in [2.75, 3.05) is 7.11 Å². The predicted molar refractivity (Wildman–Crippen MR) is 81.1 cm³/mol. The molecule has 1 unspecified atom stereocenters. The molecule has 2 aromatic carbocycles. The van der Waals surface area contributed by atoms with Gasteiger partial charge in [-0.25, -0.2) is 0 Å². The molecule has 0 bridgehead atoms. The van der Waals surface area contributed by atoms with E-state index < -0.39 is 0 Å². The molecule has 0 saturated heterocycles. The maximum atomic E-state index is 5.99. The van der Waals surface area contributed by atoms with Crippen molar-refractivity contribution in [3.8, 4) is 11.5 Å². The molecular formula is C17H21NO2. The van der Waals surface area contributed by atoms with E-state index in [1.54, 1.807) is 7.11 Å². The molecule has 0 radical (unpaired) electrons. The van der Waals surface area contributed by atoms with Crippen molar-refractivity contribution < 1.29 is 9.47 Å². The van der Waals surface area contributed by atoms with E-state index >= 15 is 0 Å². The van der Waals surface area contributed by atoms with Crippen LogP contribution in [0.4, 0.5) is 0 Å². The number of methoxy groups -OCH3 is 1. The van der Waals surface area contributed by atoms with E-state index in [9.17, 15) is 0 Å². The molecule has 2 aromatic rings. The monoisotopic (exact) mass is 271 g/mol. The predicted octanol–water partition coefficient (Wildman–Crippen LogP) is 3.60. The Labute approximate surface area is 120 Å². The van der Waals surface area contributed by atoms with E-state index in [0.29, 0.717) is 6.61 Å². The fourth-order valence-electron chi connectivity index (χ4n) is 2.04. The SMILES string of the molecule is COc1ccc(COc2ccc(C)cc2C(C)N)cc1. The van der Waals surface area contributed by atoms with Gasteiger partial charge in [0.05, 0.1) is 7.11 Å². The van der Waals surface area contributed by atoms with E-state index in [1.165, 1.54) is 5.56 Å².